The Balaban J connectivity index is 0.00000256. The van der Waals surface area contributed by atoms with Crippen LogP contribution in [0, 0.1) is 0 Å². The van der Waals surface area contributed by atoms with E-state index in [0.717, 1.165) is 32.2 Å². The van der Waals surface area contributed by atoms with Crippen molar-refractivity contribution in [3.63, 3.8) is 0 Å². The van der Waals surface area contributed by atoms with E-state index in [-0.39, 0.29) is 18.3 Å². The van der Waals surface area contributed by atoms with Crippen molar-refractivity contribution in [2.45, 2.75) is 51.1 Å². The minimum Gasteiger partial charge on any atom is -0.383 e. The molecule has 102 valence electrons. The molecule has 1 amide bonds. The summed E-state index contributed by atoms with van der Waals surface area (Å²) in [5.41, 5.74) is 5.80. The maximum absolute atomic E-state index is 12.1. The fraction of sp³-hybridized carbons (Fsp3) is 0.917. The van der Waals surface area contributed by atoms with Crippen molar-refractivity contribution in [2.75, 3.05) is 20.3 Å². The Morgan fingerprint density at radius 2 is 2.24 bits per heavy atom. The Labute approximate surface area is 110 Å². The monoisotopic (exact) mass is 264 g/mol. The molecule has 2 N–H and O–H groups in total. The highest BCUT2D eigenvalue weighted by atomic mass is 35.5. The normalized spacial score (nSPS) is 21.8. The van der Waals surface area contributed by atoms with Gasteiger partial charge in [-0.25, -0.2) is 0 Å². The highest BCUT2D eigenvalue weighted by Gasteiger charge is 2.29. The van der Waals surface area contributed by atoms with E-state index < -0.39 is 6.04 Å². The quantitative estimate of drug-likeness (QED) is 0.820. The van der Waals surface area contributed by atoms with Gasteiger partial charge in [0.2, 0.25) is 5.91 Å². The summed E-state index contributed by atoms with van der Waals surface area (Å²) in [5.74, 6) is 0.0556. The van der Waals surface area contributed by atoms with Gasteiger partial charge in [0.25, 0.3) is 0 Å². The van der Waals surface area contributed by atoms with Crippen LogP contribution < -0.4 is 5.73 Å². The Hall–Kier alpha value is -0.320. The first-order valence-electron chi connectivity index (χ1n) is 6.25. The van der Waals surface area contributed by atoms with Crippen molar-refractivity contribution in [3.05, 3.63) is 0 Å². The van der Waals surface area contributed by atoms with E-state index in [1.807, 2.05) is 4.90 Å². The second-order valence-electron chi connectivity index (χ2n) is 4.53. The molecule has 1 saturated heterocycles. The first-order valence-corrected chi connectivity index (χ1v) is 6.25. The standard InChI is InChI=1S/C12H24N2O2.ClH/c1-3-6-10-7-4-5-8-14(10)12(15)11(13)9-16-2;/h10-11H,3-9,13H2,1-2H3;1H. The molecule has 17 heavy (non-hydrogen) atoms. The second kappa shape index (κ2) is 8.72. The van der Waals surface area contributed by atoms with Crippen LogP contribution in [-0.2, 0) is 9.53 Å². The number of likely N-dealkylation sites (tertiary alicyclic amines) is 1. The largest absolute Gasteiger partial charge is 0.383 e. The smallest absolute Gasteiger partial charge is 0.242 e. The van der Waals surface area contributed by atoms with Gasteiger partial charge in [0.05, 0.1) is 6.61 Å². The lowest BCUT2D eigenvalue weighted by molar-refractivity contribution is -0.137. The third kappa shape index (κ3) is 4.82. The van der Waals surface area contributed by atoms with Crippen LogP contribution in [0.3, 0.4) is 0 Å². The molecular formula is C12H25ClN2O2. The molecule has 1 fully saturated rings. The summed E-state index contributed by atoms with van der Waals surface area (Å²) < 4.78 is 4.94. The van der Waals surface area contributed by atoms with Crippen LogP contribution in [0.1, 0.15) is 39.0 Å². The van der Waals surface area contributed by atoms with Crippen LogP contribution in [0.15, 0.2) is 0 Å². The zero-order valence-electron chi connectivity index (χ0n) is 10.9. The Kier molecular flexibility index (Phi) is 8.56. The summed E-state index contributed by atoms with van der Waals surface area (Å²) in [6, 6.07) is -0.100. The summed E-state index contributed by atoms with van der Waals surface area (Å²) in [6.45, 7) is 3.33. The van der Waals surface area contributed by atoms with Crippen molar-refractivity contribution in [2.24, 2.45) is 5.73 Å². The molecule has 0 spiro atoms. The van der Waals surface area contributed by atoms with E-state index >= 15 is 0 Å². The summed E-state index contributed by atoms with van der Waals surface area (Å²) in [6.07, 6.45) is 5.66. The average Bonchev–Trinajstić information content (AvgIpc) is 2.29. The van der Waals surface area contributed by atoms with Crippen LogP contribution in [0.5, 0.6) is 0 Å². The molecule has 1 aliphatic rings. The van der Waals surface area contributed by atoms with Gasteiger partial charge >= 0.3 is 0 Å². The first kappa shape index (κ1) is 16.7. The number of amides is 1. The van der Waals surface area contributed by atoms with E-state index in [1.165, 1.54) is 6.42 Å². The van der Waals surface area contributed by atoms with Crippen LogP contribution in [-0.4, -0.2) is 43.2 Å². The summed E-state index contributed by atoms with van der Waals surface area (Å²) in [5, 5.41) is 0. The summed E-state index contributed by atoms with van der Waals surface area (Å²) in [7, 11) is 1.58. The van der Waals surface area contributed by atoms with Crippen LogP contribution >= 0.6 is 12.4 Å². The van der Waals surface area contributed by atoms with Gasteiger partial charge in [-0.15, -0.1) is 12.4 Å². The number of piperidine rings is 1. The number of carbonyl (C=O) groups excluding carboxylic acids is 1. The van der Waals surface area contributed by atoms with Gasteiger partial charge in [0, 0.05) is 19.7 Å². The molecular weight excluding hydrogens is 240 g/mol. The number of hydrogen-bond donors (Lipinski definition) is 1. The minimum atomic E-state index is -0.498. The van der Waals surface area contributed by atoms with Crippen LogP contribution in [0.4, 0.5) is 0 Å². The van der Waals surface area contributed by atoms with Crippen molar-refractivity contribution in [1.29, 1.82) is 0 Å². The molecule has 5 heteroatoms. The van der Waals surface area contributed by atoms with Gasteiger partial charge in [-0.3, -0.25) is 4.79 Å². The number of rotatable bonds is 5. The van der Waals surface area contributed by atoms with Gasteiger partial charge in [-0.1, -0.05) is 13.3 Å². The van der Waals surface area contributed by atoms with E-state index in [9.17, 15) is 4.79 Å². The Morgan fingerprint density at radius 3 is 2.82 bits per heavy atom. The lowest BCUT2D eigenvalue weighted by Crippen LogP contribution is -2.52. The highest BCUT2D eigenvalue weighted by Crippen LogP contribution is 2.21. The maximum Gasteiger partial charge on any atom is 0.242 e. The fourth-order valence-electron chi connectivity index (χ4n) is 2.39. The average molecular weight is 265 g/mol. The van der Waals surface area contributed by atoms with Crippen molar-refractivity contribution >= 4 is 18.3 Å². The van der Waals surface area contributed by atoms with Crippen LogP contribution in [0.25, 0.3) is 0 Å². The minimum absolute atomic E-state index is 0. The summed E-state index contributed by atoms with van der Waals surface area (Å²) in [4.78, 5) is 14.1. The third-order valence-corrected chi connectivity index (χ3v) is 3.20. The predicted octanol–water partition coefficient (Wildman–Crippen LogP) is 1.56. The van der Waals surface area contributed by atoms with Crippen LogP contribution in [0.2, 0.25) is 0 Å². The topological polar surface area (TPSA) is 55.6 Å². The van der Waals surface area contributed by atoms with Gasteiger partial charge in [0.15, 0.2) is 0 Å². The van der Waals surface area contributed by atoms with E-state index in [1.54, 1.807) is 7.11 Å². The molecule has 0 radical (unpaired) electrons. The van der Waals surface area contributed by atoms with Gasteiger partial charge < -0.3 is 15.4 Å². The molecule has 0 aromatic rings. The molecule has 2 unspecified atom stereocenters. The lowest BCUT2D eigenvalue weighted by atomic mass is 9.97. The fourth-order valence-corrected chi connectivity index (χ4v) is 2.39. The number of halogens is 1. The second-order valence-corrected chi connectivity index (χ2v) is 4.53. The molecule has 0 bridgehead atoms. The molecule has 1 aliphatic heterocycles. The highest BCUT2D eigenvalue weighted by molar-refractivity contribution is 5.85. The molecule has 1 rings (SSSR count). The van der Waals surface area contributed by atoms with E-state index in [0.29, 0.717) is 12.6 Å². The molecule has 0 aliphatic carbocycles. The maximum atomic E-state index is 12.1. The molecule has 1 heterocycles. The predicted molar refractivity (Wildman–Crippen MR) is 71.4 cm³/mol. The van der Waals surface area contributed by atoms with Gasteiger partial charge in [0.1, 0.15) is 6.04 Å². The lowest BCUT2D eigenvalue weighted by Gasteiger charge is -2.37. The zero-order valence-corrected chi connectivity index (χ0v) is 11.7. The number of methoxy groups -OCH3 is 1. The molecule has 4 nitrogen and oxygen atoms in total. The Bertz CT molecular complexity index is 225. The third-order valence-electron chi connectivity index (χ3n) is 3.20. The first-order chi connectivity index (χ1) is 7.70. The number of nitrogens with zero attached hydrogens (tertiary/aromatic N) is 1. The zero-order chi connectivity index (χ0) is 12.0. The molecule has 0 aromatic heterocycles. The SMILES string of the molecule is CCCC1CCCCN1C(=O)C(N)COC.Cl. The number of carbonyl (C=O) groups is 1. The number of hydrogen-bond acceptors (Lipinski definition) is 3. The molecule has 0 aromatic carbocycles. The number of ether oxygens (including phenoxy) is 1. The van der Waals surface area contributed by atoms with Crippen molar-refractivity contribution in [3.8, 4) is 0 Å². The van der Waals surface area contributed by atoms with Crippen molar-refractivity contribution in [1.82, 2.24) is 4.90 Å². The van der Waals surface area contributed by atoms with Gasteiger partial charge in [-0.05, 0) is 25.7 Å². The number of nitrogens with two attached hydrogens (primary N) is 1. The van der Waals surface area contributed by atoms with Gasteiger partial charge in [-0.2, -0.15) is 0 Å². The Morgan fingerprint density at radius 1 is 1.53 bits per heavy atom. The van der Waals surface area contributed by atoms with E-state index in [4.69, 9.17) is 10.5 Å². The van der Waals surface area contributed by atoms with E-state index in [2.05, 4.69) is 6.92 Å². The molecule has 2 atom stereocenters. The molecule has 0 saturated carbocycles. The summed E-state index contributed by atoms with van der Waals surface area (Å²) >= 11 is 0. The van der Waals surface area contributed by atoms with Crippen molar-refractivity contribution < 1.29 is 9.53 Å².